The van der Waals surface area contributed by atoms with Crippen LogP contribution in [0.1, 0.15) is 44.1 Å². The van der Waals surface area contributed by atoms with E-state index in [0.717, 1.165) is 5.56 Å². The SMILES string of the molecule is O=C(NC1CCCC(C(F)(F)F)C1)C1=NN(Cc2ccccc2)C(=O)CC1. The number of rotatable bonds is 4. The van der Waals surface area contributed by atoms with Crippen LogP contribution in [0.3, 0.4) is 0 Å². The summed E-state index contributed by atoms with van der Waals surface area (Å²) in [6.07, 6.45) is -2.91. The standard InChI is InChI=1S/C19H22F3N3O2/c20-19(21,22)14-7-4-8-15(11-14)23-18(27)16-9-10-17(26)25(24-16)12-13-5-2-1-3-6-13/h1-3,5-6,14-15H,4,7-12H2,(H,23,27). The van der Waals surface area contributed by atoms with Crippen LogP contribution >= 0.6 is 0 Å². The zero-order valence-electron chi connectivity index (χ0n) is 14.8. The Hall–Kier alpha value is -2.38. The molecule has 5 nitrogen and oxygen atoms in total. The van der Waals surface area contributed by atoms with Gasteiger partial charge >= 0.3 is 6.18 Å². The van der Waals surface area contributed by atoms with Crippen molar-refractivity contribution in [2.45, 2.75) is 57.3 Å². The minimum Gasteiger partial charge on any atom is -0.348 e. The van der Waals surface area contributed by atoms with Crippen molar-refractivity contribution < 1.29 is 22.8 Å². The number of alkyl halides is 3. The maximum atomic E-state index is 12.9. The zero-order valence-corrected chi connectivity index (χ0v) is 14.8. The van der Waals surface area contributed by atoms with Crippen molar-refractivity contribution in [2.75, 3.05) is 0 Å². The molecule has 0 saturated heterocycles. The quantitative estimate of drug-likeness (QED) is 0.869. The number of nitrogens with one attached hydrogen (secondary N) is 1. The number of amides is 2. The van der Waals surface area contributed by atoms with E-state index in [4.69, 9.17) is 0 Å². The molecule has 2 unspecified atom stereocenters. The van der Waals surface area contributed by atoms with Gasteiger partial charge in [0.25, 0.3) is 5.91 Å². The smallest absolute Gasteiger partial charge is 0.348 e. The normalized spacial score (nSPS) is 23.7. The third-order valence-corrected chi connectivity index (χ3v) is 5.01. The average Bonchev–Trinajstić information content (AvgIpc) is 2.64. The highest BCUT2D eigenvalue weighted by molar-refractivity contribution is 6.39. The van der Waals surface area contributed by atoms with E-state index < -0.39 is 24.0 Å². The summed E-state index contributed by atoms with van der Waals surface area (Å²) in [5.41, 5.74) is 1.08. The Balaban J connectivity index is 1.63. The monoisotopic (exact) mass is 381 g/mol. The van der Waals surface area contributed by atoms with E-state index in [1.807, 2.05) is 30.3 Å². The highest BCUT2D eigenvalue weighted by Crippen LogP contribution is 2.37. The van der Waals surface area contributed by atoms with Crippen molar-refractivity contribution in [3.63, 3.8) is 0 Å². The Morgan fingerprint density at radius 1 is 1.19 bits per heavy atom. The summed E-state index contributed by atoms with van der Waals surface area (Å²) in [5.74, 6) is -2.03. The van der Waals surface area contributed by atoms with Crippen LogP contribution in [-0.2, 0) is 16.1 Å². The molecule has 146 valence electrons. The van der Waals surface area contributed by atoms with Crippen LogP contribution < -0.4 is 5.32 Å². The van der Waals surface area contributed by atoms with E-state index in [1.165, 1.54) is 5.01 Å². The molecule has 2 amide bonds. The van der Waals surface area contributed by atoms with Gasteiger partial charge in [0.15, 0.2) is 0 Å². The molecule has 0 spiro atoms. The van der Waals surface area contributed by atoms with Gasteiger partial charge in [-0.2, -0.15) is 18.3 Å². The molecule has 2 aliphatic rings. The van der Waals surface area contributed by atoms with Crippen LogP contribution in [0.5, 0.6) is 0 Å². The first kappa shape index (κ1) is 19.4. The van der Waals surface area contributed by atoms with Gasteiger partial charge in [0.05, 0.1) is 12.5 Å². The number of halogens is 3. The van der Waals surface area contributed by atoms with Gasteiger partial charge in [-0.15, -0.1) is 0 Å². The Bertz CT molecular complexity index is 719. The van der Waals surface area contributed by atoms with Crippen LogP contribution in [0.15, 0.2) is 35.4 Å². The second-order valence-corrected chi connectivity index (χ2v) is 7.06. The van der Waals surface area contributed by atoms with Crippen LogP contribution in [0.2, 0.25) is 0 Å². The van der Waals surface area contributed by atoms with E-state index in [-0.39, 0.29) is 43.8 Å². The molecule has 3 rings (SSSR count). The van der Waals surface area contributed by atoms with Crippen molar-refractivity contribution >= 4 is 17.5 Å². The molecule has 0 aromatic heterocycles. The van der Waals surface area contributed by atoms with Gasteiger partial charge < -0.3 is 5.32 Å². The Morgan fingerprint density at radius 3 is 2.63 bits per heavy atom. The van der Waals surface area contributed by atoms with Gasteiger partial charge in [0, 0.05) is 18.9 Å². The summed E-state index contributed by atoms with van der Waals surface area (Å²) in [6, 6.07) is 8.76. The fourth-order valence-electron chi connectivity index (χ4n) is 3.53. The molecule has 1 N–H and O–H groups in total. The van der Waals surface area contributed by atoms with Gasteiger partial charge in [0.2, 0.25) is 5.91 Å². The second-order valence-electron chi connectivity index (χ2n) is 7.06. The van der Waals surface area contributed by atoms with Crippen molar-refractivity contribution in [1.29, 1.82) is 0 Å². The minimum atomic E-state index is -4.23. The molecule has 8 heteroatoms. The first-order chi connectivity index (χ1) is 12.8. The van der Waals surface area contributed by atoms with E-state index >= 15 is 0 Å². The summed E-state index contributed by atoms with van der Waals surface area (Å²) in [5, 5.41) is 8.10. The van der Waals surface area contributed by atoms with Crippen molar-refractivity contribution in [1.82, 2.24) is 10.3 Å². The fourth-order valence-corrected chi connectivity index (χ4v) is 3.53. The minimum absolute atomic E-state index is 0.102. The maximum Gasteiger partial charge on any atom is 0.391 e. The molecule has 1 aromatic carbocycles. The summed E-state index contributed by atoms with van der Waals surface area (Å²) in [4.78, 5) is 24.5. The number of hydrogen-bond donors (Lipinski definition) is 1. The van der Waals surface area contributed by atoms with Crippen molar-refractivity contribution in [2.24, 2.45) is 11.0 Å². The van der Waals surface area contributed by atoms with Crippen LogP contribution in [0.4, 0.5) is 13.2 Å². The largest absolute Gasteiger partial charge is 0.391 e. The summed E-state index contributed by atoms with van der Waals surface area (Å²) >= 11 is 0. The molecule has 1 saturated carbocycles. The first-order valence-corrected chi connectivity index (χ1v) is 9.12. The van der Waals surface area contributed by atoms with Gasteiger partial charge in [-0.3, -0.25) is 9.59 Å². The fraction of sp³-hybridized carbons (Fsp3) is 0.526. The molecule has 1 heterocycles. The van der Waals surface area contributed by atoms with E-state index in [0.29, 0.717) is 12.8 Å². The van der Waals surface area contributed by atoms with Gasteiger partial charge in [-0.1, -0.05) is 36.8 Å². The van der Waals surface area contributed by atoms with E-state index in [2.05, 4.69) is 10.4 Å². The topological polar surface area (TPSA) is 61.8 Å². The second kappa shape index (κ2) is 8.10. The lowest BCUT2D eigenvalue weighted by molar-refractivity contribution is -0.183. The van der Waals surface area contributed by atoms with Crippen molar-refractivity contribution in [3.05, 3.63) is 35.9 Å². The summed E-state index contributed by atoms with van der Waals surface area (Å²) in [7, 11) is 0. The lowest BCUT2D eigenvalue weighted by Crippen LogP contribution is -2.45. The highest BCUT2D eigenvalue weighted by Gasteiger charge is 2.42. The maximum absolute atomic E-state index is 12.9. The molecule has 1 fully saturated rings. The molecular formula is C19H22F3N3O2. The molecule has 1 aromatic rings. The molecule has 0 bridgehead atoms. The molecule has 1 aliphatic heterocycles. The Labute approximate surface area is 155 Å². The number of benzene rings is 1. The number of nitrogens with zero attached hydrogens (tertiary/aromatic N) is 2. The Kier molecular flexibility index (Phi) is 5.82. The summed E-state index contributed by atoms with van der Waals surface area (Å²) < 4.78 is 38.8. The molecule has 0 radical (unpaired) electrons. The lowest BCUT2D eigenvalue weighted by atomic mass is 9.85. The van der Waals surface area contributed by atoms with E-state index in [1.54, 1.807) is 0 Å². The van der Waals surface area contributed by atoms with Crippen LogP contribution in [0, 0.1) is 5.92 Å². The highest BCUT2D eigenvalue weighted by atomic mass is 19.4. The van der Waals surface area contributed by atoms with Gasteiger partial charge in [-0.25, -0.2) is 5.01 Å². The molecule has 1 aliphatic carbocycles. The summed E-state index contributed by atoms with van der Waals surface area (Å²) in [6.45, 7) is 0.260. The molecular weight excluding hydrogens is 359 g/mol. The number of hydrogen-bond acceptors (Lipinski definition) is 3. The molecule has 27 heavy (non-hydrogen) atoms. The predicted octanol–water partition coefficient (Wildman–Crippen LogP) is 3.40. The number of hydrazone groups is 1. The zero-order chi connectivity index (χ0) is 19.4. The average molecular weight is 381 g/mol. The van der Waals surface area contributed by atoms with Crippen LogP contribution in [-0.4, -0.2) is 34.8 Å². The third-order valence-electron chi connectivity index (χ3n) is 5.01. The number of carbonyl (C=O) groups is 2. The lowest BCUT2D eigenvalue weighted by Gasteiger charge is -2.31. The van der Waals surface area contributed by atoms with Crippen LogP contribution in [0.25, 0.3) is 0 Å². The van der Waals surface area contributed by atoms with E-state index in [9.17, 15) is 22.8 Å². The number of carbonyl (C=O) groups excluding carboxylic acids is 2. The van der Waals surface area contributed by atoms with Crippen molar-refractivity contribution in [3.8, 4) is 0 Å². The van der Waals surface area contributed by atoms with Gasteiger partial charge in [-0.05, 0) is 24.8 Å². The molecule has 2 atom stereocenters. The third kappa shape index (κ3) is 5.08. The van der Waals surface area contributed by atoms with Gasteiger partial charge in [0.1, 0.15) is 5.71 Å². The predicted molar refractivity (Wildman–Crippen MR) is 93.6 cm³/mol. The first-order valence-electron chi connectivity index (χ1n) is 9.12. The Morgan fingerprint density at radius 2 is 1.93 bits per heavy atom.